The van der Waals surface area contributed by atoms with Gasteiger partial charge in [-0.25, -0.2) is 0 Å². The van der Waals surface area contributed by atoms with Crippen LogP contribution in [0.15, 0.2) is 71.3 Å². The first-order chi connectivity index (χ1) is 13.8. The fraction of sp³-hybridized carbons (Fsp3) is 0.100. The Bertz CT molecular complexity index is 984. The highest BCUT2D eigenvalue weighted by atomic mass is 19.4. The number of hydrogen-bond acceptors (Lipinski definition) is 4. The fourth-order valence-corrected chi connectivity index (χ4v) is 2.35. The summed E-state index contributed by atoms with van der Waals surface area (Å²) < 4.78 is 48.1. The average Bonchev–Trinajstić information content (AvgIpc) is 3.22. The van der Waals surface area contributed by atoms with Crippen LogP contribution in [0.25, 0.3) is 0 Å². The summed E-state index contributed by atoms with van der Waals surface area (Å²) in [6, 6.07) is 13.6. The van der Waals surface area contributed by atoms with Gasteiger partial charge in [0.2, 0.25) is 0 Å². The van der Waals surface area contributed by atoms with Gasteiger partial charge in [0.15, 0.2) is 12.4 Å². The lowest BCUT2D eigenvalue weighted by molar-refractivity contribution is -0.137. The van der Waals surface area contributed by atoms with Crippen molar-refractivity contribution in [1.82, 2.24) is 0 Å². The lowest BCUT2D eigenvalue weighted by atomic mass is 10.2. The SMILES string of the molecule is O=C(COc1cccc(C(F)(F)F)c1)Nc1ccc(NC(=O)c2ccco2)cc1. The largest absolute Gasteiger partial charge is 0.484 e. The number of benzene rings is 2. The van der Waals surface area contributed by atoms with Gasteiger partial charge >= 0.3 is 6.18 Å². The molecule has 2 aromatic carbocycles. The van der Waals surface area contributed by atoms with Crippen LogP contribution in [0.4, 0.5) is 24.5 Å². The Morgan fingerprint density at radius 2 is 1.62 bits per heavy atom. The number of alkyl halides is 3. The summed E-state index contributed by atoms with van der Waals surface area (Å²) in [6.45, 7) is -0.460. The first-order valence-corrected chi connectivity index (χ1v) is 8.36. The fourth-order valence-electron chi connectivity index (χ4n) is 2.35. The van der Waals surface area contributed by atoms with Gasteiger partial charge in [0.25, 0.3) is 11.8 Å². The molecule has 1 heterocycles. The highest BCUT2D eigenvalue weighted by molar-refractivity contribution is 6.02. The predicted molar refractivity (Wildman–Crippen MR) is 98.7 cm³/mol. The van der Waals surface area contributed by atoms with E-state index in [0.29, 0.717) is 11.4 Å². The Balaban J connectivity index is 1.51. The number of ether oxygens (including phenoxy) is 1. The normalized spacial score (nSPS) is 11.0. The van der Waals surface area contributed by atoms with Crippen molar-refractivity contribution in [3.05, 3.63) is 78.3 Å². The first-order valence-electron chi connectivity index (χ1n) is 8.36. The maximum absolute atomic E-state index is 12.7. The third-order valence-electron chi connectivity index (χ3n) is 3.70. The molecule has 0 spiro atoms. The second-order valence-corrected chi connectivity index (χ2v) is 5.87. The molecule has 0 bridgehead atoms. The van der Waals surface area contributed by atoms with Gasteiger partial charge in [-0.05, 0) is 54.6 Å². The molecule has 0 fully saturated rings. The standard InChI is InChI=1S/C20H15F3N2O4/c21-20(22,23)13-3-1-4-16(11-13)29-12-18(26)24-14-6-8-15(9-7-14)25-19(27)17-5-2-10-28-17/h1-11H,12H2,(H,24,26)(H,25,27). The Labute approximate surface area is 163 Å². The molecule has 0 aliphatic rings. The van der Waals surface area contributed by atoms with E-state index in [9.17, 15) is 22.8 Å². The lowest BCUT2D eigenvalue weighted by Crippen LogP contribution is -2.20. The minimum atomic E-state index is -4.49. The summed E-state index contributed by atoms with van der Waals surface area (Å²) in [6.07, 6.45) is -3.11. The minimum absolute atomic E-state index is 0.0639. The number of carbonyl (C=O) groups is 2. The number of amides is 2. The summed E-state index contributed by atoms with van der Waals surface area (Å²) in [7, 11) is 0. The van der Waals surface area contributed by atoms with Crippen molar-refractivity contribution in [2.75, 3.05) is 17.2 Å². The predicted octanol–water partition coefficient (Wildman–Crippen LogP) is 4.57. The molecular formula is C20H15F3N2O4. The van der Waals surface area contributed by atoms with E-state index in [4.69, 9.17) is 9.15 Å². The Kier molecular flexibility index (Phi) is 5.87. The molecule has 0 aliphatic carbocycles. The zero-order chi connectivity index (χ0) is 20.9. The quantitative estimate of drug-likeness (QED) is 0.631. The van der Waals surface area contributed by atoms with Gasteiger partial charge in [-0.2, -0.15) is 13.2 Å². The molecule has 1 aromatic heterocycles. The highest BCUT2D eigenvalue weighted by Gasteiger charge is 2.30. The van der Waals surface area contributed by atoms with Gasteiger partial charge in [-0.3, -0.25) is 9.59 Å². The van der Waals surface area contributed by atoms with Crippen molar-refractivity contribution >= 4 is 23.2 Å². The Hall–Kier alpha value is -3.75. The van der Waals surface area contributed by atoms with Crippen molar-refractivity contribution in [3.8, 4) is 5.75 Å². The van der Waals surface area contributed by atoms with Crippen LogP contribution in [0.1, 0.15) is 16.1 Å². The summed E-state index contributed by atoms with van der Waals surface area (Å²) in [5.41, 5.74) is 0.0610. The van der Waals surface area contributed by atoms with Crippen molar-refractivity contribution in [3.63, 3.8) is 0 Å². The van der Waals surface area contributed by atoms with Crippen LogP contribution in [0.5, 0.6) is 5.75 Å². The number of nitrogens with one attached hydrogen (secondary N) is 2. The molecule has 3 aromatic rings. The maximum atomic E-state index is 12.7. The maximum Gasteiger partial charge on any atom is 0.416 e. The van der Waals surface area contributed by atoms with Crippen LogP contribution in [0, 0.1) is 0 Å². The van der Waals surface area contributed by atoms with Crippen molar-refractivity contribution in [2.45, 2.75) is 6.18 Å². The average molecular weight is 404 g/mol. The van der Waals surface area contributed by atoms with Crippen LogP contribution in [0.3, 0.4) is 0 Å². The van der Waals surface area contributed by atoms with E-state index in [1.165, 1.54) is 24.5 Å². The lowest BCUT2D eigenvalue weighted by Gasteiger charge is -2.11. The van der Waals surface area contributed by atoms with Gasteiger partial charge in [-0.15, -0.1) is 0 Å². The molecule has 150 valence electrons. The Morgan fingerprint density at radius 3 is 2.24 bits per heavy atom. The number of anilines is 2. The highest BCUT2D eigenvalue weighted by Crippen LogP contribution is 2.31. The molecule has 0 saturated heterocycles. The molecule has 2 amide bonds. The number of hydrogen-bond donors (Lipinski definition) is 2. The van der Waals surface area contributed by atoms with Crippen molar-refractivity contribution < 1.29 is 31.9 Å². The number of halogens is 3. The molecule has 0 radical (unpaired) electrons. The van der Waals surface area contributed by atoms with E-state index in [2.05, 4.69) is 10.6 Å². The van der Waals surface area contributed by atoms with E-state index >= 15 is 0 Å². The van der Waals surface area contributed by atoms with E-state index in [-0.39, 0.29) is 11.5 Å². The topological polar surface area (TPSA) is 80.6 Å². The molecule has 0 aliphatic heterocycles. The molecule has 3 rings (SSSR count). The molecule has 6 nitrogen and oxygen atoms in total. The van der Waals surface area contributed by atoms with Crippen LogP contribution in [-0.4, -0.2) is 18.4 Å². The van der Waals surface area contributed by atoms with E-state index in [1.54, 1.807) is 30.3 Å². The molecular weight excluding hydrogens is 389 g/mol. The van der Waals surface area contributed by atoms with E-state index in [1.807, 2.05) is 0 Å². The minimum Gasteiger partial charge on any atom is -0.484 e. The monoisotopic (exact) mass is 404 g/mol. The Morgan fingerprint density at radius 1 is 0.931 bits per heavy atom. The van der Waals surface area contributed by atoms with Crippen molar-refractivity contribution in [1.29, 1.82) is 0 Å². The zero-order valence-corrected chi connectivity index (χ0v) is 14.8. The number of rotatable bonds is 6. The zero-order valence-electron chi connectivity index (χ0n) is 14.8. The van der Waals surface area contributed by atoms with Gasteiger partial charge in [0.1, 0.15) is 5.75 Å². The molecule has 0 atom stereocenters. The summed E-state index contributed by atoms with van der Waals surface area (Å²) in [5.74, 6) is -0.865. The molecule has 0 saturated carbocycles. The van der Waals surface area contributed by atoms with Gasteiger partial charge in [-0.1, -0.05) is 6.07 Å². The van der Waals surface area contributed by atoms with E-state index in [0.717, 1.165) is 12.1 Å². The molecule has 29 heavy (non-hydrogen) atoms. The van der Waals surface area contributed by atoms with Crippen LogP contribution in [-0.2, 0) is 11.0 Å². The second-order valence-electron chi connectivity index (χ2n) is 5.87. The number of furan rings is 1. The molecule has 0 unspecified atom stereocenters. The molecule has 9 heteroatoms. The molecule has 2 N–H and O–H groups in total. The van der Waals surface area contributed by atoms with Gasteiger partial charge in [0.05, 0.1) is 11.8 Å². The van der Waals surface area contributed by atoms with Crippen LogP contribution in [0.2, 0.25) is 0 Å². The van der Waals surface area contributed by atoms with Gasteiger partial charge in [0, 0.05) is 11.4 Å². The van der Waals surface area contributed by atoms with E-state index < -0.39 is 30.2 Å². The first kappa shape index (κ1) is 20.0. The smallest absolute Gasteiger partial charge is 0.416 e. The summed E-state index contributed by atoms with van der Waals surface area (Å²) in [5, 5.41) is 5.17. The second kappa shape index (κ2) is 8.51. The summed E-state index contributed by atoms with van der Waals surface area (Å²) in [4.78, 5) is 23.8. The van der Waals surface area contributed by atoms with Crippen LogP contribution >= 0.6 is 0 Å². The third kappa shape index (κ3) is 5.61. The summed E-state index contributed by atoms with van der Waals surface area (Å²) >= 11 is 0. The van der Waals surface area contributed by atoms with Gasteiger partial charge < -0.3 is 19.8 Å². The van der Waals surface area contributed by atoms with Crippen molar-refractivity contribution in [2.24, 2.45) is 0 Å². The van der Waals surface area contributed by atoms with Crippen LogP contribution < -0.4 is 15.4 Å². The number of carbonyl (C=O) groups excluding carboxylic acids is 2. The third-order valence-corrected chi connectivity index (χ3v) is 3.70.